The minimum atomic E-state index is -0.584. The zero-order chi connectivity index (χ0) is 21.6. The molecule has 5 fully saturated rings. The smallest absolute Gasteiger partial charge is 0.338 e. The van der Waals surface area contributed by atoms with Gasteiger partial charge in [-0.05, 0) is 37.8 Å². The van der Waals surface area contributed by atoms with E-state index in [0.29, 0.717) is 5.56 Å². The van der Waals surface area contributed by atoms with Crippen LogP contribution in [0.5, 0.6) is 0 Å². The molecular formula is C25H32O7. The zero-order valence-electron chi connectivity index (χ0n) is 18.4. The van der Waals surface area contributed by atoms with E-state index >= 15 is 0 Å². The van der Waals surface area contributed by atoms with Gasteiger partial charge in [-0.2, -0.15) is 0 Å². The molecule has 2 spiro atoms. The summed E-state index contributed by atoms with van der Waals surface area (Å²) in [5.74, 6) is -1.54. The first-order valence-corrected chi connectivity index (χ1v) is 12.2. The summed E-state index contributed by atoms with van der Waals surface area (Å²) in [6.07, 6.45) is 8.32. The maximum absolute atomic E-state index is 12.5. The molecule has 0 radical (unpaired) electrons. The number of carbonyl (C=O) groups excluding carboxylic acids is 1. The largest absolute Gasteiger partial charge is 0.459 e. The van der Waals surface area contributed by atoms with E-state index in [-0.39, 0.29) is 30.9 Å². The summed E-state index contributed by atoms with van der Waals surface area (Å²) in [5, 5.41) is 0. The van der Waals surface area contributed by atoms with Crippen LogP contribution in [0.1, 0.15) is 74.6 Å². The van der Waals surface area contributed by atoms with Crippen LogP contribution < -0.4 is 0 Å². The first-order chi connectivity index (χ1) is 15.7. The summed E-state index contributed by atoms with van der Waals surface area (Å²) in [6.45, 7) is 0.0912. The fourth-order valence-corrected chi connectivity index (χ4v) is 5.99. The molecule has 2 aliphatic carbocycles. The summed E-state index contributed by atoms with van der Waals surface area (Å²) in [6, 6.07) is 9.01. The first kappa shape index (κ1) is 21.1. The van der Waals surface area contributed by atoms with Crippen LogP contribution in [0.4, 0.5) is 0 Å². The predicted octanol–water partition coefficient (Wildman–Crippen LogP) is 4.09. The van der Waals surface area contributed by atoms with Gasteiger partial charge in [0.25, 0.3) is 0 Å². The van der Waals surface area contributed by atoms with Crippen molar-refractivity contribution in [1.82, 2.24) is 0 Å². The second kappa shape index (κ2) is 8.37. The van der Waals surface area contributed by atoms with Crippen molar-refractivity contribution in [3.63, 3.8) is 0 Å². The van der Waals surface area contributed by atoms with Crippen LogP contribution in [0.3, 0.4) is 0 Å². The number of fused-ring (bicyclic) bond motifs is 3. The number of rotatable bonds is 3. The van der Waals surface area contributed by atoms with Gasteiger partial charge >= 0.3 is 5.97 Å². The van der Waals surface area contributed by atoms with Gasteiger partial charge in [0.2, 0.25) is 0 Å². The molecule has 0 amide bonds. The maximum Gasteiger partial charge on any atom is 0.338 e. The number of hydrogen-bond acceptors (Lipinski definition) is 7. The lowest BCUT2D eigenvalue weighted by Crippen LogP contribution is -2.56. The Kier molecular flexibility index (Phi) is 5.50. The average Bonchev–Trinajstić information content (AvgIpc) is 3.37. The summed E-state index contributed by atoms with van der Waals surface area (Å²) >= 11 is 0. The van der Waals surface area contributed by atoms with Gasteiger partial charge in [-0.1, -0.05) is 31.0 Å². The third kappa shape index (κ3) is 3.78. The number of hydrogen-bond donors (Lipinski definition) is 0. The highest BCUT2D eigenvalue weighted by molar-refractivity contribution is 5.89. The van der Waals surface area contributed by atoms with Gasteiger partial charge in [-0.25, -0.2) is 4.79 Å². The SMILES string of the molecule is O=C(OC[C@@H]1O[C@H]2OC3(CCCCC3)O[C@@H]2[C@H]2OC3(CCCCC3)O[C@H]21)c1ccccc1. The van der Waals surface area contributed by atoms with Crippen molar-refractivity contribution in [1.29, 1.82) is 0 Å². The van der Waals surface area contributed by atoms with E-state index in [1.807, 2.05) is 18.2 Å². The number of benzene rings is 1. The number of carbonyl (C=O) groups is 1. The predicted molar refractivity (Wildman–Crippen MR) is 113 cm³/mol. The molecule has 1 aromatic carbocycles. The van der Waals surface area contributed by atoms with E-state index in [9.17, 15) is 4.79 Å². The zero-order valence-corrected chi connectivity index (χ0v) is 18.4. The van der Waals surface area contributed by atoms with Crippen LogP contribution in [-0.2, 0) is 28.4 Å². The molecule has 32 heavy (non-hydrogen) atoms. The molecule has 2 saturated carbocycles. The highest BCUT2D eigenvalue weighted by Crippen LogP contribution is 2.50. The highest BCUT2D eigenvalue weighted by Gasteiger charge is 2.64. The van der Waals surface area contributed by atoms with E-state index in [0.717, 1.165) is 51.4 Å². The Morgan fingerprint density at radius 1 is 0.781 bits per heavy atom. The highest BCUT2D eigenvalue weighted by atomic mass is 16.9. The minimum Gasteiger partial charge on any atom is -0.459 e. The molecule has 5 atom stereocenters. The van der Waals surface area contributed by atoms with Gasteiger partial charge in [0.15, 0.2) is 17.9 Å². The van der Waals surface area contributed by atoms with Crippen LogP contribution in [0.25, 0.3) is 0 Å². The van der Waals surface area contributed by atoms with Crippen molar-refractivity contribution >= 4 is 5.97 Å². The molecule has 0 aromatic heterocycles. The van der Waals surface area contributed by atoms with Gasteiger partial charge < -0.3 is 28.4 Å². The Bertz CT molecular complexity index is 815. The Balaban J connectivity index is 1.21. The maximum atomic E-state index is 12.5. The monoisotopic (exact) mass is 444 g/mol. The third-order valence-electron chi connectivity index (χ3n) is 7.59. The minimum absolute atomic E-state index is 0.0912. The molecule has 3 heterocycles. The first-order valence-electron chi connectivity index (χ1n) is 12.2. The standard InChI is InChI=1S/C25H32O7/c26-22(17-10-4-1-5-11-17)27-16-18-19-20(30-24(29-19)12-6-2-7-13-24)21-23(28-18)32-25(31-21)14-8-3-9-15-25/h1,4-5,10-11,18-21,23H,2-3,6-9,12-16H2/t18-,19-,20-,21+,23-/m0/s1. The number of esters is 1. The van der Waals surface area contributed by atoms with Crippen LogP contribution in [-0.4, -0.2) is 54.9 Å². The van der Waals surface area contributed by atoms with Crippen LogP contribution in [0.2, 0.25) is 0 Å². The lowest BCUT2D eigenvalue weighted by molar-refractivity contribution is -0.254. The van der Waals surface area contributed by atoms with E-state index in [1.54, 1.807) is 12.1 Å². The molecule has 1 aromatic rings. The van der Waals surface area contributed by atoms with Gasteiger partial charge in [0, 0.05) is 25.7 Å². The molecular weight excluding hydrogens is 412 g/mol. The topological polar surface area (TPSA) is 72.5 Å². The van der Waals surface area contributed by atoms with Crippen LogP contribution in [0, 0.1) is 0 Å². The van der Waals surface area contributed by atoms with Crippen molar-refractivity contribution < 1.29 is 33.2 Å². The molecule has 5 aliphatic rings. The van der Waals surface area contributed by atoms with Gasteiger partial charge in [-0.3, -0.25) is 0 Å². The van der Waals surface area contributed by atoms with Crippen molar-refractivity contribution in [2.24, 2.45) is 0 Å². The van der Waals surface area contributed by atoms with E-state index in [2.05, 4.69) is 0 Å². The molecule has 3 aliphatic heterocycles. The summed E-state index contributed by atoms with van der Waals surface area (Å²) < 4.78 is 38.1. The van der Waals surface area contributed by atoms with E-state index in [1.165, 1.54) is 12.8 Å². The molecule has 7 nitrogen and oxygen atoms in total. The second-order valence-corrected chi connectivity index (χ2v) is 9.82. The molecule has 7 heteroatoms. The Labute approximate surface area is 188 Å². The van der Waals surface area contributed by atoms with E-state index < -0.39 is 24.0 Å². The lowest BCUT2D eigenvalue weighted by Gasteiger charge is -2.36. The average molecular weight is 445 g/mol. The quantitative estimate of drug-likeness (QED) is 0.650. The Morgan fingerprint density at radius 2 is 1.38 bits per heavy atom. The fraction of sp³-hybridized carbons (Fsp3) is 0.720. The number of ether oxygens (including phenoxy) is 6. The lowest BCUT2D eigenvalue weighted by atomic mass is 9.94. The molecule has 0 bridgehead atoms. The summed E-state index contributed by atoms with van der Waals surface area (Å²) in [4.78, 5) is 12.5. The third-order valence-corrected chi connectivity index (χ3v) is 7.59. The van der Waals surface area contributed by atoms with Crippen molar-refractivity contribution in [3.8, 4) is 0 Å². The molecule has 174 valence electrons. The Morgan fingerprint density at radius 3 is 2.06 bits per heavy atom. The Hall–Kier alpha value is -1.51. The van der Waals surface area contributed by atoms with Crippen molar-refractivity contribution in [3.05, 3.63) is 35.9 Å². The van der Waals surface area contributed by atoms with Gasteiger partial charge in [-0.15, -0.1) is 0 Å². The summed E-state index contributed by atoms with van der Waals surface area (Å²) in [7, 11) is 0. The molecule has 0 N–H and O–H groups in total. The van der Waals surface area contributed by atoms with E-state index in [4.69, 9.17) is 28.4 Å². The molecule has 3 saturated heterocycles. The normalized spacial score (nSPS) is 37.2. The van der Waals surface area contributed by atoms with Crippen LogP contribution in [0.15, 0.2) is 30.3 Å². The van der Waals surface area contributed by atoms with Crippen molar-refractivity contribution in [2.45, 2.75) is 106 Å². The fourth-order valence-electron chi connectivity index (χ4n) is 5.99. The van der Waals surface area contributed by atoms with Gasteiger partial charge in [0.05, 0.1) is 5.56 Å². The molecule has 6 rings (SSSR count). The van der Waals surface area contributed by atoms with Crippen molar-refractivity contribution in [2.75, 3.05) is 6.61 Å². The second-order valence-electron chi connectivity index (χ2n) is 9.82. The van der Waals surface area contributed by atoms with Crippen LogP contribution >= 0.6 is 0 Å². The summed E-state index contributed by atoms with van der Waals surface area (Å²) in [5.41, 5.74) is 0.520. The molecule has 0 unspecified atom stereocenters. The van der Waals surface area contributed by atoms with Gasteiger partial charge in [0.1, 0.15) is 31.0 Å².